The van der Waals surface area contributed by atoms with Crippen LogP contribution < -0.4 is 5.32 Å². The van der Waals surface area contributed by atoms with Crippen molar-refractivity contribution in [2.45, 2.75) is 103 Å². The Kier molecular flexibility index (Phi) is 9.59. The third-order valence-electron chi connectivity index (χ3n) is 5.66. The van der Waals surface area contributed by atoms with Gasteiger partial charge in [0.05, 0.1) is 0 Å². The number of unbranched alkanes of at least 4 members (excludes halogenated alkanes) is 4. The van der Waals surface area contributed by atoms with Crippen LogP contribution >= 0.6 is 0 Å². The summed E-state index contributed by atoms with van der Waals surface area (Å²) in [5.74, 6) is 0. The second kappa shape index (κ2) is 10.6. The van der Waals surface area contributed by atoms with Crippen LogP contribution in [0.15, 0.2) is 0 Å². The number of likely N-dealkylation sites (N-methyl/N-ethyl adjacent to an activating group) is 1. The van der Waals surface area contributed by atoms with Gasteiger partial charge in [0, 0.05) is 11.6 Å². The normalized spacial score (nSPS) is 18.3. The molecular formula is C19H40N2. The van der Waals surface area contributed by atoms with E-state index < -0.39 is 0 Å². The van der Waals surface area contributed by atoms with Crippen molar-refractivity contribution in [3.8, 4) is 0 Å². The van der Waals surface area contributed by atoms with E-state index in [-0.39, 0.29) is 0 Å². The fourth-order valence-electron chi connectivity index (χ4n) is 4.33. The molecule has 0 aliphatic carbocycles. The Balaban J connectivity index is 2.63. The lowest BCUT2D eigenvalue weighted by molar-refractivity contribution is 0.0581. The van der Waals surface area contributed by atoms with Gasteiger partial charge in [0.2, 0.25) is 0 Å². The van der Waals surface area contributed by atoms with Crippen molar-refractivity contribution in [1.29, 1.82) is 0 Å². The van der Waals surface area contributed by atoms with Gasteiger partial charge in [-0.1, -0.05) is 59.8 Å². The average molecular weight is 297 g/mol. The molecule has 1 atom stereocenters. The zero-order valence-electron chi connectivity index (χ0n) is 15.2. The lowest BCUT2D eigenvalue weighted by Crippen LogP contribution is -2.60. The number of hydrogen-bond acceptors (Lipinski definition) is 2. The van der Waals surface area contributed by atoms with Crippen molar-refractivity contribution in [3.63, 3.8) is 0 Å². The molecular weight excluding hydrogens is 256 g/mol. The van der Waals surface area contributed by atoms with E-state index in [0.29, 0.717) is 11.6 Å². The highest BCUT2D eigenvalue weighted by molar-refractivity contribution is 5.00. The first-order valence-corrected chi connectivity index (χ1v) is 9.73. The monoisotopic (exact) mass is 296 g/mol. The molecule has 2 heteroatoms. The number of nitrogens with one attached hydrogen (secondary N) is 1. The predicted octanol–water partition coefficient (Wildman–Crippen LogP) is 4.98. The number of nitrogens with zero attached hydrogens (tertiary/aromatic N) is 1. The molecule has 1 unspecified atom stereocenters. The predicted molar refractivity (Wildman–Crippen MR) is 95.0 cm³/mol. The van der Waals surface area contributed by atoms with Crippen molar-refractivity contribution < 1.29 is 0 Å². The van der Waals surface area contributed by atoms with E-state index in [9.17, 15) is 0 Å². The highest BCUT2D eigenvalue weighted by Crippen LogP contribution is 2.33. The van der Waals surface area contributed by atoms with Crippen LogP contribution in [0, 0.1) is 0 Å². The van der Waals surface area contributed by atoms with Crippen LogP contribution in [-0.4, -0.2) is 36.1 Å². The van der Waals surface area contributed by atoms with Crippen LogP contribution in [0.5, 0.6) is 0 Å². The molecule has 1 heterocycles. The fourth-order valence-corrected chi connectivity index (χ4v) is 4.33. The summed E-state index contributed by atoms with van der Waals surface area (Å²) in [5.41, 5.74) is 0.400. The van der Waals surface area contributed by atoms with Gasteiger partial charge in [-0.3, -0.25) is 4.90 Å². The van der Waals surface area contributed by atoms with Crippen molar-refractivity contribution in [2.24, 2.45) is 0 Å². The van der Waals surface area contributed by atoms with Gasteiger partial charge in [-0.2, -0.15) is 0 Å². The first kappa shape index (κ1) is 19.0. The van der Waals surface area contributed by atoms with Gasteiger partial charge in [0.15, 0.2) is 0 Å². The molecule has 1 aliphatic heterocycles. The molecule has 0 radical (unpaired) electrons. The Bertz CT molecular complexity index is 242. The highest BCUT2D eigenvalue weighted by Gasteiger charge is 2.41. The van der Waals surface area contributed by atoms with Crippen molar-refractivity contribution in [1.82, 2.24) is 10.2 Å². The SMILES string of the molecule is CCCCCCCC(NCC)C(CC)(CC)N1CCCC1. The van der Waals surface area contributed by atoms with E-state index in [4.69, 9.17) is 0 Å². The third-order valence-corrected chi connectivity index (χ3v) is 5.66. The van der Waals surface area contributed by atoms with E-state index in [0.717, 1.165) is 6.54 Å². The van der Waals surface area contributed by atoms with Gasteiger partial charge in [-0.05, 0) is 51.7 Å². The molecule has 0 aromatic rings. The molecule has 21 heavy (non-hydrogen) atoms. The standard InChI is InChI=1S/C19H40N2/c1-5-9-10-11-12-15-18(20-8-4)19(6-2,7-3)21-16-13-14-17-21/h18,20H,5-17H2,1-4H3. The molecule has 0 aromatic carbocycles. The maximum Gasteiger partial charge on any atom is 0.0357 e. The number of rotatable bonds is 12. The summed E-state index contributed by atoms with van der Waals surface area (Å²) in [6, 6.07) is 0.678. The van der Waals surface area contributed by atoms with Gasteiger partial charge in [-0.15, -0.1) is 0 Å². The second-order valence-electron chi connectivity index (χ2n) is 6.82. The minimum absolute atomic E-state index is 0.400. The number of hydrogen-bond donors (Lipinski definition) is 1. The van der Waals surface area contributed by atoms with Gasteiger partial charge in [0.25, 0.3) is 0 Å². The Labute approximate surface area is 134 Å². The lowest BCUT2D eigenvalue weighted by atomic mass is 9.80. The maximum absolute atomic E-state index is 3.85. The van der Waals surface area contributed by atoms with Crippen LogP contribution in [0.1, 0.15) is 91.9 Å². The van der Waals surface area contributed by atoms with Gasteiger partial charge in [0.1, 0.15) is 0 Å². The lowest BCUT2D eigenvalue weighted by Gasteiger charge is -2.47. The summed E-state index contributed by atoms with van der Waals surface area (Å²) >= 11 is 0. The molecule has 0 bridgehead atoms. The summed E-state index contributed by atoms with van der Waals surface area (Å²) in [6.07, 6.45) is 13.7. The Hall–Kier alpha value is -0.0800. The fraction of sp³-hybridized carbons (Fsp3) is 1.00. The Morgan fingerprint density at radius 2 is 1.52 bits per heavy atom. The van der Waals surface area contributed by atoms with E-state index in [1.165, 1.54) is 77.3 Å². The minimum Gasteiger partial charge on any atom is -0.312 e. The van der Waals surface area contributed by atoms with E-state index in [1.54, 1.807) is 0 Å². The molecule has 0 aromatic heterocycles. The van der Waals surface area contributed by atoms with Crippen LogP contribution in [0.2, 0.25) is 0 Å². The van der Waals surface area contributed by atoms with Gasteiger partial charge < -0.3 is 5.32 Å². The van der Waals surface area contributed by atoms with Gasteiger partial charge >= 0.3 is 0 Å². The number of likely N-dealkylation sites (tertiary alicyclic amines) is 1. The smallest absolute Gasteiger partial charge is 0.0357 e. The maximum atomic E-state index is 3.85. The zero-order valence-corrected chi connectivity index (χ0v) is 15.2. The average Bonchev–Trinajstić information content (AvgIpc) is 3.03. The second-order valence-corrected chi connectivity index (χ2v) is 6.82. The van der Waals surface area contributed by atoms with Crippen LogP contribution in [-0.2, 0) is 0 Å². The van der Waals surface area contributed by atoms with E-state index in [1.807, 2.05) is 0 Å². The summed E-state index contributed by atoms with van der Waals surface area (Å²) < 4.78 is 0. The molecule has 0 saturated carbocycles. The van der Waals surface area contributed by atoms with Gasteiger partial charge in [-0.25, -0.2) is 0 Å². The summed E-state index contributed by atoms with van der Waals surface area (Å²) in [6.45, 7) is 13.1. The zero-order chi connectivity index (χ0) is 15.6. The molecule has 1 rings (SSSR count). The van der Waals surface area contributed by atoms with Crippen molar-refractivity contribution in [2.75, 3.05) is 19.6 Å². The van der Waals surface area contributed by atoms with Crippen molar-refractivity contribution >= 4 is 0 Å². The molecule has 1 fully saturated rings. The molecule has 2 nitrogen and oxygen atoms in total. The van der Waals surface area contributed by atoms with Crippen LogP contribution in [0.25, 0.3) is 0 Å². The molecule has 1 saturated heterocycles. The molecule has 1 aliphatic rings. The van der Waals surface area contributed by atoms with E-state index in [2.05, 4.69) is 37.9 Å². The summed E-state index contributed by atoms with van der Waals surface area (Å²) in [5, 5.41) is 3.85. The Morgan fingerprint density at radius 1 is 0.905 bits per heavy atom. The summed E-state index contributed by atoms with van der Waals surface area (Å²) in [7, 11) is 0. The van der Waals surface area contributed by atoms with Crippen molar-refractivity contribution in [3.05, 3.63) is 0 Å². The molecule has 126 valence electrons. The first-order chi connectivity index (χ1) is 10.2. The largest absolute Gasteiger partial charge is 0.312 e. The van der Waals surface area contributed by atoms with Crippen LogP contribution in [0.4, 0.5) is 0 Å². The third kappa shape index (κ3) is 5.25. The molecule has 0 spiro atoms. The van der Waals surface area contributed by atoms with Crippen LogP contribution in [0.3, 0.4) is 0 Å². The quantitative estimate of drug-likeness (QED) is 0.511. The Morgan fingerprint density at radius 3 is 2.05 bits per heavy atom. The molecule has 1 N–H and O–H groups in total. The van der Waals surface area contributed by atoms with E-state index >= 15 is 0 Å². The topological polar surface area (TPSA) is 15.3 Å². The molecule has 0 amide bonds. The summed E-state index contributed by atoms with van der Waals surface area (Å²) in [4.78, 5) is 2.81. The first-order valence-electron chi connectivity index (χ1n) is 9.73. The highest BCUT2D eigenvalue weighted by atomic mass is 15.2. The minimum atomic E-state index is 0.400.